The molecule has 1 aromatic heterocycles. The Kier molecular flexibility index (Phi) is 8.74. The Morgan fingerprint density at radius 1 is 1.17 bits per heavy atom. The Morgan fingerprint density at radius 2 is 1.91 bits per heavy atom. The van der Waals surface area contributed by atoms with Gasteiger partial charge in [0.1, 0.15) is 5.82 Å². The molecule has 1 aromatic rings. The summed E-state index contributed by atoms with van der Waals surface area (Å²) in [5.41, 5.74) is 0. The van der Waals surface area contributed by atoms with Crippen molar-refractivity contribution >= 4 is 5.96 Å². The van der Waals surface area contributed by atoms with Crippen molar-refractivity contribution in [1.82, 2.24) is 20.2 Å². The Bertz CT molecular complexity index is 462. The van der Waals surface area contributed by atoms with Crippen LogP contribution in [-0.2, 0) is 13.1 Å². The van der Waals surface area contributed by atoms with Crippen LogP contribution < -0.4 is 10.6 Å². The van der Waals surface area contributed by atoms with Gasteiger partial charge in [0.2, 0.25) is 0 Å². The predicted octanol–water partition coefficient (Wildman–Crippen LogP) is 3.42. The van der Waals surface area contributed by atoms with Crippen molar-refractivity contribution in [3.63, 3.8) is 0 Å². The fourth-order valence-corrected chi connectivity index (χ4v) is 2.56. The van der Waals surface area contributed by atoms with Crippen molar-refractivity contribution in [2.75, 3.05) is 7.05 Å². The van der Waals surface area contributed by atoms with Gasteiger partial charge in [0, 0.05) is 32.0 Å². The highest BCUT2D eigenvalue weighted by molar-refractivity contribution is 5.79. The van der Waals surface area contributed by atoms with E-state index in [4.69, 9.17) is 0 Å². The normalized spacial score (nSPS) is 13.7. The minimum Gasteiger partial charge on any atom is -0.354 e. The minimum absolute atomic E-state index is 0.426. The number of hydrogen-bond acceptors (Lipinski definition) is 2. The van der Waals surface area contributed by atoms with Crippen molar-refractivity contribution in [3.8, 4) is 0 Å². The smallest absolute Gasteiger partial charge is 0.191 e. The SMILES string of the molecule is CN=C(NCc1nccn1CC(C)C)NC(C)CCCC(C)C. The summed E-state index contributed by atoms with van der Waals surface area (Å²) in [4.78, 5) is 8.76. The van der Waals surface area contributed by atoms with E-state index in [1.54, 1.807) is 0 Å². The molecule has 5 nitrogen and oxygen atoms in total. The number of nitrogens with one attached hydrogen (secondary N) is 2. The highest BCUT2D eigenvalue weighted by Crippen LogP contribution is 2.08. The zero-order chi connectivity index (χ0) is 17.2. The van der Waals surface area contributed by atoms with Gasteiger partial charge in [0.05, 0.1) is 6.54 Å². The van der Waals surface area contributed by atoms with Gasteiger partial charge in [-0.15, -0.1) is 0 Å². The summed E-state index contributed by atoms with van der Waals surface area (Å²) in [6.07, 6.45) is 7.61. The van der Waals surface area contributed by atoms with Gasteiger partial charge in [0.15, 0.2) is 5.96 Å². The van der Waals surface area contributed by atoms with Gasteiger partial charge in [-0.05, 0) is 25.2 Å². The van der Waals surface area contributed by atoms with Crippen LogP contribution in [0.2, 0.25) is 0 Å². The molecule has 1 atom stereocenters. The second-order valence-corrected chi connectivity index (χ2v) is 7.19. The van der Waals surface area contributed by atoms with Crippen molar-refractivity contribution in [1.29, 1.82) is 0 Å². The van der Waals surface area contributed by atoms with Gasteiger partial charge >= 0.3 is 0 Å². The molecule has 23 heavy (non-hydrogen) atoms. The Balaban J connectivity index is 2.41. The summed E-state index contributed by atoms with van der Waals surface area (Å²) < 4.78 is 2.21. The molecule has 0 amide bonds. The number of guanidine groups is 1. The molecule has 132 valence electrons. The zero-order valence-electron chi connectivity index (χ0n) is 15.8. The lowest BCUT2D eigenvalue weighted by atomic mass is 10.0. The third-order valence-corrected chi connectivity index (χ3v) is 3.80. The minimum atomic E-state index is 0.426. The number of imidazole rings is 1. The van der Waals surface area contributed by atoms with E-state index in [2.05, 4.69) is 59.8 Å². The van der Waals surface area contributed by atoms with Gasteiger partial charge in [-0.3, -0.25) is 4.99 Å². The van der Waals surface area contributed by atoms with Crippen LogP contribution in [0, 0.1) is 11.8 Å². The van der Waals surface area contributed by atoms with Crippen molar-refractivity contribution in [2.45, 2.75) is 73.0 Å². The number of rotatable bonds is 9. The van der Waals surface area contributed by atoms with Crippen LogP contribution in [0.25, 0.3) is 0 Å². The maximum Gasteiger partial charge on any atom is 0.191 e. The van der Waals surface area contributed by atoms with Crippen LogP contribution >= 0.6 is 0 Å². The first kappa shape index (κ1) is 19.5. The fraction of sp³-hybridized carbons (Fsp3) is 0.778. The van der Waals surface area contributed by atoms with Gasteiger partial charge in [-0.1, -0.05) is 40.5 Å². The standard InChI is InChI=1S/C18H35N5/c1-14(2)8-7-9-16(5)22-18(19-6)21-12-17-20-10-11-23(17)13-15(3)4/h10-11,14-16H,7-9,12-13H2,1-6H3,(H2,19,21,22). The van der Waals surface area contributed by atoms with E-state index in [1.165, 1.54) is 19.3 Å². The number of hydrogen-bond donors (Lipinski definition) is 2. The largest absolute Gasteiger partial charge is 0.354 e. The third kappa shape index (κ3) is 8.05. The van der Waals surface area contributed by atoms with Crippen LogP contribution in [0.5, 0.6) is 0 Å². The molecule has 1 rings (SSSR count). The lowest BCUT2D eigenvalue weighted by Gasteiger charge is -2.18. The van der Waals surface area contributed by atoms with Gasteiger partial charge < -0.3 is 15.2 Å². The summed E-state index contributed by atoms with van der Waals surface area (Å²) in [7, 11) is 1.82. The molecular formula is C18H35N5. The number of aromatic nitrogens is 2. The quantitative estimate of drug-likeness (QED) is 0.541. The van der Waals surface area contributed by atoms with E-state index in [0.717, 1.165) is 24.2 Å². The first-order valence-electron chi connectivity index (χ1n) is 8.89. The van der Waals surface area contributed by atoms with Crippen LogP contribution in [0.3, 0.4) is 0 Å². The topological polar surface area (TPSA) is 54.2 Å². The summed E-state index contributed by atoms with van der Waals surface area (Å²) in [5.74, 6) is 3.29. The van der Waals surface area contributed by atoms with E-state index in [-0.39, 0.29) is 0 Å². The van der Waals surface area contributed by atoms with E-state index in [0.29, 0.717) is 18.5 Å². The Morgan fingerprint density at radius 3 is 2.52 bits per heavy atom. The number of aliphatic imine (C=N–C) groups is 1. The molecule has 0 fully saturated rings. The second-order valence-electron chi connectivity index (χ2n) is 7.19. The average Bonchev–Trinajstić information content (AvgIpc) is 2.89. The van der Waals surface area contributed by atoms with E-state index >= 15 is 0 Å². The molecule has 0 saturated carbocycles. The molecule has 1 heterocycles. The highest BCUT2D eigenvalue weighted by Gasteiger charge is 2.08. The molecule has 1 unspecified atom stereocenters. The lowest BCUT2D eigenvalue weighted by Crippen LogP contribution is -2.42. The molecule has 0 bridgehead atoms. The lowest BCUT2D eigenvalue weighted by molar-refractivity contribution is 0.488. The van der Waals surface area contributed by atoms with Crippen LogP contribution in [-0.4, -0.2) is 28.6 Å². The van der Waals surface area contributed by atoms with Crippen molar-refractivity contribution in [3.05, 3.63) is 18.2 Å². The fourth-order valence-electron chi connectivity index (χ4n) is 2.56. The van der Waals surface area contributed by atoms with E-state index < -0.39 is 0 Å². The third-order valence-electron chi connectivity index (χ3n) is 3.80. The second kappa shape index (κ2) is 10.3. The first-order chi connectivity index (χ1) is 10.9. The Labute approximate surface area is 142 Å². The summed E-state index contributed by atoms with van der Waals surface area (Å²) in [6.45, 7) is 12.9. The monoisotopic (exact) mass is 321 g/mol. The molecule has 0 aromatic carbocycles. The Hall–Kier alpha value is -1.52. The first-order valence-corrected chi connectivity index (χ1v) is 8.89. The molecule has 0 radical (unpaired) electrons. The average molecular weight is 322 g/mol. The van der Waals surface area contributed by atoms with Crippen molar-refractivity contribution in [2.24, 2.45) is 16.8 Å². The molecule has 0 spiro atoms. The molecular weight excluding hydrogens is 286 g/mol. The van der Waals surface area contributed by atoms with Crippen LogP contribution in [0.4, 0.5) is 0 Å². The maximum absolute atomic E-state index is 4.44. The zero-order valence-corrected chi connectivity index (χ0v) is 15.8. The van der Waals surface area contributed by atoms with Crippen molar-refractivity contribution < 1.29 is 0 Å². The predicted molar refractivity (Wildman–Crippen MR) is 98.6 cm³/mol. The van der Waals surface area contributed by atoms with Gasteiger partial charge in [-0.2, -0.15) is 0 Å². The molecule has 2 N–H and O–H groups in total. The number of nitrogens with zero attached hydrogens (tertiary/aromatic N) is 3. The van der Waals surface area contributed by atoms with Crippen LogP contribution in [0.15, 0.2) is 17.4 Å². The summed E-state index contributed by atoms with van der Waals surface area (Å²) in [6, 6.07) is 0.426. The molecule has 0 aliphatic carbocycles. The van der Waals surface area contributed by atoms with E-state index in [9.17, 15) is 0 Å². The van der Waals surface area contributed by atoms with Gasteiger partial charge in [0.25, 0.3) is 0 Å². The molecule has 0 aliphatic rings. The van der Waals surface area contributed by atoms with Crippen LogP contribution in [0.1, 0.15) is 59.7 Å². The van der Waals surface area contributed by atoms with Gasteiger partial charge in [-0.25, -0.2) is 4.98 Å². The molecule has 5 heteroatoms. The molecule has 0 saturated heterocycles. The highest BCUT2D eigenvalue weighted by atomic mass is 15.2. The maximum atomic E-state index is 4.44. The summed E-state index contributed by atoms with van der Waals surface area (Å²) >= 11 is 0. The van der Waals surface area contributed by atoms with E-state index in [1.807, 2.05) is 19.4 Å². The summed E-state index contributed by atoms with van der Waals surface area (Å²) in [5, 5.41) is 6.84. The molecule has 0 aliphatic heterocycles.